The van der Waals surface area contributed by atoms with E-state index in [-0.39, 0.29) is 0 Å². The maximum atomic E-state index is 11.9. The number of carbonyl (C=O) groups is 1. The Morgan fingerprint density at radius 3 is 2.65 bits per heavy atom. The van der Waals surface area contributed by atoms with Gasteiger partial charge in [-0.1, -0.05) is 20.3 Å². The number of hydrogen-bond donors (Lipinski definition) is 1. The molecule has 17 heavy (non-hydrogen) atoms. The lowest BCUT2D eigenvalue weighted by Crippen LogP contribution is -2.33. The first-order valence-electron chi connectivity index (χ1n) is 7.08. The smallest absolute Gasteiger partial charge is 0.222 e. The van der Waals surface area contributed by atoms with E-state index in [9.17, 15) is 4.79 Å². The zero-order valence-electron chi connectivity index (χ0n) is 11.7. The van der Waals surface area contributed by atoms with Gasteiger partial charge in [0.05, 0.1) is 0 Å². The molecule has 0 aromatic rings. The second-order valence-electron chi connectivity index (χ2n) is 5.51. The van der Waals surface area contributed by atoms with E-state index >= 15 is 0 Å². The molecule has 1 N–H and O–H groups in total. The molecule has 100 valence electrons. The van der Waals surface area contributed by atoms with Crippen molar-refractivity contribution in [3.63, 3.8) is 0 Å². The standard InChI is InChI=1S/C14H28N2O/c1-4-12(2)11-14(17)16(3)10-7-13-5-8-15-9-6-13/h12-13,15H,4-11H2,1-3H3. The Bertz CT molecular complexity index is 224. The summed E-state index contributed by atoms with van der Waals surface area (Å²) in [7, 11) is 1.95. The predicted octanol–water partition coefficient (Wildman–Crippen LogP) is 2.27. The Balaban J connectivity index is 2.18. The van der Waals surface area contributed by atoms with Gasteiger partial charge in [-0.15, -0.1) is 0 Å². The Morgan fingerprint density at radius 1 is 1.41 bits per heavy atom. The summed E-state index contributed by atoms with van der Waals surface area (Å²) in [5.74, 6) is 1.65. The Kier molecular flexibility index (Phi) is 6.56. The molecule has 1 heterocycles. The molecular formula is C14H28N2O. The zero-order valence-corrected chi connectivity index (χ0v) is 11.7. The van der Waals surface area contributed by atoms with Crippen molar-refractivity contribution in [1.82, 2.24) is 10.2 Å². The van der Waals surface area contributed by atoms with Crippen LogP contribution < -0.4 is 5.32 Å². The minimum atomic E-state index is 0.313. The van der Waals surface area contributed by atoms with Crippen LogP contribution in [0.25, 0.3) is 0 Å². The molecule has 0 aromatic heterocycles. The molecular weight excluding hydrogens is 212 g/mol. The number of nitrogens with zero attached hydrogens (tertiary/aromatic N) is 1. The summed E-state index contributed by atoms with van der Waals surface area (Å²) in [6.45, 7) is 7.52. The van der Waals surface area contributed by atoms with Crippen molar-refractivity contribution in [3.8, 4) is 0 Å². The number of carbonyl (C=O) groups excluding carboxylic acids is 1. The molecule has 1 aliphatic heterocycles. The SMILES string of the molecule is CCC(C)CC(=O)N(C)CCC1CCNCC1. The molecule has 1 atom stereocenters. The molecule has 3 nitrogen and oxygen atoms in total. The van der Waals surface area contributed by atoms with Crippen LogP contribution in [0.2, 0.25) is 0 Å². The lowest BCUT2D eigenvalue weighted by Gasteiger charge is -2.25. The molecule has 1 rings (SSSR count). The maximum Gasteiger partial charge on any atom is 0.222 e. The van der Waals surface area contributed by atoms with Gasteiger partial charge >= 0.3 is 0 Å². The molecule has 1 unspecified atom stereocenters. The molecule has 1 fully saturated rings. The van der Waals surface area contributed by atoms with Gasteiger partial charge in [0.25, 0.3) is 0 Å². The van der Waals surface area contributed by atoms with Crippen molar-refractivity contribution in [2.75, 3.05) is 26.7 Å². The molecule has 3 heteroatoms. The van der Waals surface area contributed by atoms with Crippen molar-refractivity contribution in [2.45, 2.75) is 46.0 Å². The number of nitrogens with one attached hydrogen (secondary N) is 1. The Labute approximate surface area is 106 Å². The summed E-state index contributed by atoms with van der Waals surface area (Å²) >= 11 is 0. The fraction of sp³-hybridized carbons (Fsp3) is 0.929. The quantitative estimate of drug-likeness (QED) is 0.772. The van der Waals surface area contributed by atoms with Gasteiger partial charge in [-0.05, 0) is 44.2 Å². The Hall–Kier alpha value is -0.570. The average molecular weight is 240 g/mol. The highest BCUT2D eigenvalue weighted by atomic mass is 16.2. The van der Waals surface area contributed by atoms with Gasteiger partial charge in [0.15, 0.2) is 0 Å². The van der Waals surface area contributed by atoms with Crippen molar-refractivity contribution >= 4 is 5.91 Å². The van der Waals surface area contributed by atoms with Crippen molar-refractivity contribution in [1.29, 1.82) is 0 Å². The summed E-state index contributed by atoms with van der Waals surface area (Å²) in [4.78, 5) is 13.8. The van der Waals surface area contributed by atoms with Crippen molar-refractivity contribution in [2.24, 2.45) is 11.8 Å². The minimum Gasteiger partial charge on any atom is -0.346 e. The summed E-state index contributed by atoms with van der Waals surface area (Å²) in [5.41, 5.74) is 0. The third-order valence-electron chi connectivity index (χ3n) is 3.98. The van der Waals surface area contributed by atoms with Crippen LogP contribution in [-0.2, 0) is 4.79 Å². The second-order valence-corrected chi connectivity index (χ2v) is 5.51. The third-order valence-corrected chi connectivity index (χ3v) is 3.98. The molecule has 1 aliphatic rings. The molecule has 1 saturated heterocycles. The molecule has 0 bridgehead atoms. The van der Waals surface area contributed by atoms with Crippen molar-refractivity contribution in [3.05, 3.63) is 0 Å². The first-order valence-corrected chi connectivity index (χ1v) is 7.08. The lowest BCUT2D eigenvalue weighted by molar-refractivity contribution is -0.131. The molecule has 0 aliphatic carbocycles. The van der Waals surface area contributed by atoms with Crippen LogP contribution in [0.15, 0.2) is 0 Å². The third kappa shape index (κ3) is 5.53. The summed E-state index contributed by atoms with van der Waals surface area (Å²) in [6, 6.07) is 0. The lowest BCUT2D eigenvalue weighted by atomic mass is 9.94. The monoisotopic (exact) mass is 240 g/mol. The number of amides is 1. The highest BCUT2D eigenvalue weighted by molar-refractivity contribution is 5.76. The molecule has 0 spiro atoms. The largest absolute Gasteiger partial charge is 0.346 e. The van der Waals surface area contributed by atoms with Gasteiger partial charge in [-0.25, -0.2) is 0 Å². The van der Waals surface area contributed by atoms with Gasteiger partial charge < -0.3 is 10.2 Å². The molecule has 0 saturated carbocycles. The Morgan fingerprint density at radius 2 is 2.06 bits per heavy atom. The second kappa shape index (κ2) is 7.70. The summed E-state index contributed by atoms with van der Waals surface area (Å²) in [5, 5.41) is 3.38. The van der Waals surface area contributed by atoms with Crippen LogP contribution in [0.3, 0.4) is 0 Å². The van der Waals surface area contributed by atoms with E-state index in [2.05, 4.69) is 19.2 Å². The van der Waals surface area contributed by atoms with Gasteiger partial charge in [0.1, 0.15) is 0 Å². The number of rotatable bonds is 6. The van der Waals surface area contributed by atoms with E-state index in [4.69, 9.17) is 0 Å². The van der Waals surface area contributed by atoms with Crippen molar-refractivity contribution < 1.29 is 4.79 Å². The van der Waals surface area contributed by atoms with E-state index in [0.717, 1.165) is 32.0 Å². The number of hydrogen-bond acceptors (Lipinski definition) is 2. The maximum absolute atomic E-state index is 11.9. The normalized spacial score (nSPS) is 19.0. The van der Waals surface area contributed by atoms with Crippen LogP contribution in [0.5, 0.6) is 0 Å². The van der Waals surface area contributed by atoms with E-state index in [1.807, 2.05) is 11.9 Å². The van der Waals surface area contributed by atoms with Gasteiger partial charge in [0, 0.05) is 20.0 Å². The first kappa shape index (κ1) is 14.5. The van der Waals surface area contributed by atoms with Gasteiger partial charge in [-0.2, -0.15) is 0 Å². The van der Waals surface area contributed by atoms with Gasteiger partial charge in [-0.3, -0.25) is 4.79 Å². The van der Waals surface area contributed by atoms with Gasteiger partial charge in [0.2, 0.25) is 5.91 Å². The number of piperidine rings is 1. The van der Waals surface area contributed by atoms with E-state index < -0.39 is 0 Å². The molecule has 1 amide bonds. The zero-order chi connectivity index (χ0) is 12.7. The fourth-order valence-electron chi connectivity index (χ4n) is 2.27. The van der Waals surface area contributed by atoms with E-state index in [1.165, 1.54) is 19.3 Å². The topological polar surface area (TPSA) is 32.3 Å². The van der Waals surface area contributed by atoms with Crippen LogP contribution in [0.1, 0.15) is 46.0 Å². The highest BCUT2D eigenvalue weighted by Gasteiger charge is 2.16. The predicted molar refractivity (Wildman–Crippen MR) is 71.9 cm³/mol. The molecule has 0 radical (unpaired) electrons. The van der Waals surface area contributed by atoms with Crippen LogP contribution >= 0.6 is 0 Å². The summed E-state index contributed by atoms with van der Waals surface area (Å²) in [6.07, 6.45) is 5.51. The van der Waals surface area contributed by atoms with Crippen LogP contribution in [0.4, 0.5) is 0 Å². The molecule has 0 aromatic carbocycles. The fourth-order valence-corrected chi connectivity index (χ4v) is 2.27. The van der Waals surface area contributed by atoms with Crippen LogP contribution in [0, 0.1) is 11.8 Å². The van der Waals surface area contributed by atoms with E-state index in [1.54, 1.807) is 0 Å². The minimum absolute atomic E-state index is 0.313. The van der Waals surface area contributed by atoms with Crippen LogP contribution in [-0.4, -0.2) is 37.5 Å². The van der Waals surface area contributed by atoms with E-state index in [0.29, 0.717) is 18.2 Å². The highest BCUT2D eigenvalue weighted by Crippen LogP contribution is 2.16. The summed E-state index contributed by atoms with van der Waals surface area (Å²) < 4.78 is 0. The first-order chi connectivity index (χ1) is 8.13. The average Bonchev–Trinajstić information content (AvgIpc) is 2.36.